The molecule has 0 amide bonds. The van der Waals surface area contributed by atoms with Crippen LogP contribution in [-0.2, 0) is 13.0 Å². The maximum Gasteiger partial charge on any atom is 0.0957 e. The summed E-state index contributed by atoms with van der Waals surface area (Å²) < 4.78 is 0. The second-order valence-electron chi connectivity index (χ2n) is 5.93. The first-order valence-electron chi connectivity index (χ1n) is 6.57. The Hall–Kier alpha value is -0.410. The van der Waals surface area contributed by atoms with E-state index in [0.717, 1.165) is 13.0 Å². The molecule has 1 N–H and O–H groups in total. The van der Waals surface area contributed by atoms with Crippen LogP contribution in [0.5, 0.6) is 0 Å². The van der Waals surface area contributed by atoms with Crippen molar-refractivity contribution in [3.05, 3.63) is 15.6 Å². The summed E-state index contributed by atoms with van der Waals surface area (Å²) in [7, 11) is 0. The molecule has 0 aliphatic rings. The SMILES string of the molecule is CCCc1nc(C(C)C)sc1CNC(C)(C)C. The molecule has 0 aromatic carbocycles. The van der Waals surface area contributed by atoms with E-state index in [1.165, 1.54) is 22.0 Å². The first-order chi connectivity index (χ1) is 7.83. The van der Waals surface area contributed by atoms with Gasteiger partial charge in [-0.15, -0.1) is 11.3 Å². The molecular formula is C14H26N2S. The van der Waals surface area contributed by atoms with E-state index in [0.29, 0.717) is 5.92 Å². The van der Waals surface area contributed by atoms with Gasteiger partial charge in [-0.25, -0.2) is 4.98 Å². The molecule has 17 heavy (non-hydrogen) atoms. The lowest BCUT2D eigenvalue weighted by Gasteiger charge is -2.20. The number of hydrogen-bond donors (Lipinski definition) is 1. The van der Waals surface area contributed by atoms with E-state index in [4.69, 9.17) is 4.98 Å². The third-order valence-corrected chi connectivity index (χ3v) is 3.95. The molecule has 98 valence electrons. The molecule has 0 fully saturated rings. The van der Waals surface area contributed by atoms with E-state index >= 15 is 0 Å². The molecule has 0 aliphatic carbocycles. The van der Waals surface area contributed by atoms with Crippen molar-refractivity contribution in [3.63, 3.8) is 0 Å². The molecule has 0 atom stereocenters. The summed E-state index contributed by atoms with van der Waals surface area (Å²) >= 11 is 1.87. The number of aromatic nitrogens is 1. The average Bonchev–Trinajstić information content (AvgIpc) is 2.58. The maximum absolute atomic E-state index is 4.78. The third-order valence-electron chi connectivity index (χ3n) is 2.55. The summed E-state index contributed by atoms with van der Waals surface area (Å²) in [6.07, 6.45) is 2.27. The Labute approximate surface area is 110 Å². The lowest BCUT2D eigenvalue weighted by atomic mass is 10.1. The Kier molecular flexibility index (Phi) is 5.14. The van der Waals surface area contributed by atoms with Gasteiger partial charge in [0, 0.05) is 22.9 Å². The van der Waals surface area contributed by atoms with Gasteiger partial charge in [-0.05, 0) is 27.2 Å². The highest BCUT2D eigenvalue weighted by molar-refractivity contribution is 7.11. The van der Waals surface area contributed by atoms with E-state index < -0.39 is 0 Å². The summed E-state index contributed by atoms with van der Waals surface area (Å²) in [6.45, 7) is 14.2. The highest BCUT2D eigenvalue weighted by Gasteiger charge is 2.15. The van der Waals surface area contributed by atoms with Gasteiger partial charge in [-0.3, -0.25) is 0 Å². The second-order valence-corrected chi connectivity index (χ2v) is 7.05. The summed E-state index contributed by atoms with van der Waals surface area (Å²) in [5, 5.41) is 4.84. The third kappa shape index (κ3) is 4.76. The molecule has 0 saturated carbocycles. The van der Waals surface area contributed by atoms with Crippen LogP contribution in [0.4, 0.5) is 0 Å². The molecule has 0 bridgehead atoms. The number of hydrogen-bond acceptors (Lipinski definition) is 3. The first kappa shape index (κ1) is 14.7. The first-order valence-corrected chi connectivity index (χ1v) is 7.38. The molecule has 0 unspecified atom stereocenters. The van der Waals surface area contributed by atoms with Crippen LogP contribution in [0, 0.1) is 0 Å². The van der Waals surface area contributed by atoms with E-state index in [1.807, 2.05) is 11.3 Å². The molecule has 0 spiro atoms. The fourth-order valence-corrected chi connectivity index (χ4v) is 2.62. The largest absolute Gasteiger partial charge is 0.307 e. The van der Waals surface area contributed by atoms with Gasteiger partial charge in [0.1, 0.15) is 0 Å². The van der Waals surface area contributed by atoms with Crippen LogP contribution in [0.15, 0.2) is 0 Å². The van der Waals surface area contributed by atoms with Crippen molar-refractivity contribution in [1.29, 1.82) is 0 Å². The fourth-order valence-electron chi connectivity index (χ4n) is 1.57. The molecule has 1 aromatic rings. The molecule has 0 radical (unpaired) electrons. The second kappa shape index (κ2) is 5.96. The zero-order valence-corrected chi connectivity index (χ0v) is 12.9. The normalized spacial score (nSPS) is 12.4. The zero-order valence-electron chi connectivity index (χ0n) is 12.1. The van der Waals surface area contributed by atoms with Crippen LogP contribution in [0.25, 0.3) is 0 Å². The number of thiazole rings is 1. The van der Waals surface area contributed by atoms with Crippen molar-refractivity contribution in [1.82, 2.24) is 10.3 Å². The summed E-state index contributed by atoms with van der Waals surface area (Å²) in [4.78, 5) is 6.20. The smallest absolute Gasteiger partial charge is 0.0957 e. The molecule has 2 nitrogen and oxygen atoms in total. The van der Waals surface area contributed by atoms with Gasteiger partial charge in [0.05, 0.1) is 10.7 Å². The topological polar surface area (TPSA) is 24.9 Å². The van der Waals surface area contributed by atoms with Crippen LogP contribution < -0.4 is 5.32 Å². The Balaban J connectivity index is 2.81. The molecule has 1 rings (SSSR count). The summed E-state index contributed by atoms with van der Waals surface area (Å²) in [6, 6.07) is 0. The predicted molar refractivity (Wildman–Crippen MR) is 76.8 cm³/mol. The lowest BCUT2D eigenvalue weighted by molar-refractivity contribution is 0.425. The van der Waals surface area contributed by atoms with Crippen molar-refractivity contribution in [2.24, 2.45) is 0 Å². The number of nitrogens with one attached hydrogen (secondary N) is 1. The van der Waals surface area contributed by atoms with Gasteiger partial charge in [-0.1, -0.05) is 27.2 Å². The van der Waals surface area contributed by atoms with E-state index in [-0.39, 0.29) is 5.54 Å². The number of aryl methyl sites for hydroxylation is 1. The Bertz CT molecular complexity index is 348. The Morgan fingerprint density at radius 2 is 1.94 bits per heavy atom. The van der Waals surface area contributed by atoms with Crippen LogP contribution in [-0.4, -0.2) is 10.5 Å². The average molecular weight is 254 g/mol. The van der Waals surface area contributed by atoms with Crippen LogP contribution in [0.2, 0.25) is 0 Å². The van der Waals surface area contributed by atoms with Crippen molar-refractivity contribution >= 4 is 11.3 Å². The van der Waals surface area contributed by atoms with Gasteiger partial charge in [0.25, 0.3) is 0 Å². The minimum atomic E-state index is 0.172. The zero-order chi connectivity index (χ0) is 13.1. The van der Waals surface area contributed by atoms with Crippen molar-refractivity contribution in [3.8, 4) is 0 Å². The lowest BCUT2D eigenvalue weighted by Crippen LogP contribution is -2.35. The number of rotatable bonds is 5. The Morgan fingerprint density at radius 3 is 2.41 bits per heavy atom. The minimum absolute atomic E-state index is 0.172. The quantitative estimate of drug-likeness (QED) is 0.855. The van der Waals surface area contributed by atoms with Crippen LogP contribution in [0.1, 0.15) is 69.5 Å². The number of nitrogens with zero attached hydrogens (tertiary/aromatic N) is 1. The highest BCUT2D eigenvalue weighted by atomic mass is 32.1. The van der Waals surface area contributed by atoms with Gasteiger partial charge >= 0.3 is 0 Å². The molecule has 3 heteroatoms. The molecule has 1 aromatic heterocycles. The van der Waals surface area contributed by atoms with Gasteiger partial charge in [0.2, 0.25) is 0 Å². The highest BCUT2D eigenvalue weighted by Crippen LogP contribution is 2.26. The molecule has 0 aliphatic heterocycles. The minimum Gasteiger partial charge on any atom is -0.307 e. The van der Waals surface area contributed by atoms with E-state index in [9.17, 15) is 0 Å². The molecule has 0 saturated heterocycles. The monoisotopic (exact) mass is 254 g/mol. The van der Waals surface area contributed by atoms with E-state index in [1.54, 1.807) is 0 Å². The predicted octanol–water partition coefficient (Wildman–Crippen LogP) is 4.11. The maximum atomic E-state index is 4.78. The molecular weight excluding hydrogens is 228 g/mol. The van der Waals surface area contributed by atoms with Crippen molar-refractivity contribution in [2.45, 2.75) is 72.4 Å². The van der Waals surface area contributed by atoms with Gasteiger partial charge < -0.3 is 5.32 Å². The van der Waals surface area contributed by atoms with Crippen molar-refractivity contribution in [2.75, 3.05) is 0 Å². The standard InChI is InChI=1S/C14H26N2S/c1-7-8-11-12(9-15-14(4,5)6)17-13(16-11)10(2)3/h10,15H,7-9H2,1-6H3. The Morgan fingerprint density at radius 1 is 1.29 bits per heavy atom. The van der Waals surface area contributed by atoms with Crippen LogP contribution >= 0.6 is 11.3 Å². The summed E-state index contributed by atoms with van der Waals surface area (Å²) in [5.74, 6) is 0.541. The van der Waals surface area contributed by atoms with Crippen molar-refractivity contribution < 1.29 is 0 Å². The van der Waals surface area contributed by atoms with Crippen LogP contribution in [0.3, 0.4) is 0 Å². The molecule has 1 heterocycles. The van der Waals surface area contributed by atoms with E-state index in [2.05, 4.69) is 46.9 Å². The summed E-state index contributed by atoms with van der Waals surface area (Å²) in [5.41, 5.74) is 1.48. The van der Waals surface area contributed by atoms with Gasteiger partial charge in [0.15, 0.2) is 0 Å². The van der Waals surface area contributed by atoms with Gasteiger partial charge in [-0.2, -0.15) is 0 Å². The fraction of sp³-hybridized carbons (Fsp3) is 0.786.